The number of hydrogen-bond donors (Lipinski definition) is 1. The lowest BCUT2D eigenvalue weighted by atomic mass is 9.88. The van der Waals surface area contributed by atoms with Crippen molar-refractivity contribution in [2.45, 2.75) is 245 Å². The van der Waals surface area contributed by atoms with Crippen LogP contribution >= 0.6 is 0 Å². The first kappa shape index (κ1) is 60.2. The summed E-state index contributed by atoms with van der Waals surface area (Å²) in [5, 5.41) is 3.29. The molecule has 2 saturated heterocycles. The number of carbonyl (C=O) groups is 3. The van der Waals surface area contributed by atoms with Crippen LogP contribution in [-0.2, 0) is 41.8 Å². The van der Waals surface area contributed by atoms with Crippen molar-refractivity contribution in [1.82, 2.24) is 10.2 Å². The highest BCUT2D eigenvalue weighted by Gasteiger charge is 2.51. The molecular formula is C53H98N2O10Si3. The third kappa shape index (κ3) is 16.7. The monoisotopic (exact) mass is 1010 g/mol. The van der Waals surface area contributed by atoms with E-state index in [4.69, 9.17) is 32.2 Å². The minimum Gasteiger partial charge on any atom is -0.457 e. The second-order valence-electron chi connectivity index (χ2n) is 20.8. The highest BCUT2D eigenvalue weighted by atomic mass is 28.4. The molecular weight excluding hydrogens is 909 g/mol. The van der Waals surface area contributed by atoms with Gasteiger partial charge in [-0.05, 0) is 106 Å². The number of carbonyl (C=O) groups excluding carboxylic acids is 3. The molecule has 0 spiro atoms. The Kier molecular flexibility index (Phi) is 24.5. The summed E-state index contributed by atoms with van der Waals surface area (Å²) >= 11 is 0. The summed E-state index contributed by atoms with van der Waals surface area (Å²) in [6.07, 6.45) is 10.4. The first-order valence-electron chi connectivity index (χ1n) is 27.0. The van der Waals surface area contributed by atoms with E-state index in [9.17, 15) is 14.4 Å². The quantitative estimate of drug-likeness (QED) is 0.0234. The van der Waals surface area contributed by atoms with Gasteiger partial charge in [0.25, 0.3) is 0 Å². The molecule has 68 heavy (non-hydrogen) atoms. The number of nitrogens with one attached hydrogen (secondary N) is 1. The molecule has 10 atom stereocenters. The van der Waals surface area contributed by atoms with Gasteiger partial charge in [-0.15, -0.1) is 0 Å². The number of rotatable bonds is 25. The topological polar surface area (TPSA) is 134 Å². The minimum atomic E-state index is -2.19. The summed E-state index contributed by atoms with van der Waals surface area (Å²) in [5.74, 6) is -0.875. The van der Waals surface area contributed by atoms with Crippen molar-refractivity contribution in [1.29, 1.82) is 0 Å². The van der Waals surface area contributed by atoms with Gasteiger partial charge in [0, 0.05) is 57.5 Å². The maximum atomic E-state index is 14.2. The lowest BCUT2D eigenvalue weighted by Crippen LogP contribution is -2.51. The van der Waals surface area contributed by atoms with Crippen molar-refractivity contribution in [3.63, 3.8) is 0 Å². The Bertz CT molecular complexity index is 1640. The number of amides is 1. The summed E-state index contributed by atoms with van der Waals surface area (Å²) in [7, 11) is -6.05. The van der Waals surface area contributed by atoms with Crippen LogP contribution in [0, 0.1) is 11.8 Å². The van der Waals surface area contributed by atoms with E-state index < -0.39 is 66.5 Å². The van der Waals surface area contributed by atoms with Crippen molar-refractivity contribution in [3.05, 3.63) is 36.0 Å². The number of esters is 2. The molecule has 0 unspecified atom stereocenters. The van der Waals surface area contributed by atoms with Crippen LogP contribution in [0.15, 0.2) is 36.0 Å². The predicted molar refractivity (Wildman–Crippen MR) is 283 cm³/mol. The van der Waals surface area contributed by atoms with E-state index in [1.807, 2.05) is 39.0 Å². The van der Waals surface area contributed by atoms with Gasteiger partial charge >= 0.3 is 18.0 Å². The number of allylic oxidation sites excluding steroid dienone is 2. The molecule has 1 N–H and O–H groups in total. The molecule has 0 aliphatic carbocycles. The van der Waals surface area contributed by atoms with E-state index in [0.717, 1.165) is 72.8 Å². The first-order chi connectivity index (χ1) is 32.2. The molecule has 2 fully saturated rings. The normalized spacial score (nSPS) is 28.1. The Morgan fingerprint density at radius 2 is 1.47 bits per heavy atom. The number of piperazine rings is 1. The summed E-state index contributed by atoms with van der Waals surface area (Å²) in [4.78, 5) is 42.4. The van der Waals surface area contributed by atoms with Gasteiger partial charge in [-0.2, -0.15) is 0 Å². The number of epoxide rings is 1. The van der Waals surface area contributed by atoms with Crippen molar-refractivity contribution in [3.8, 4) is 0 Å². The van der Waals surface area contributed by atoms with Gasteiger partial charge in [0.2, 0.25) is 0 Å². The Morgan fingerprint density at radius 3 is 2.00 bits per heavy atom. The zero-order valence-electron chi connectivity index (χ0n) is 45.8. The SMILES string of the molecule is CC[C@H](O[Si](CC)(CC)CC)[C@@H](C)[C@H]1O[C@@H]1C[C@](C)(/C=C/C=C(\C)[C@H]1OC(=O)C[C@H](O[Si](CC)(CC)CC)CC[C@@](C)(OC(C)=O)[C@@H](OC(=O)N2CCNCC2)/C=C\[C@@H]1C)O[Si](CC)(CC)CC. The average molecular weight is 1010 g/mol. The molecule has 3 rings (SSSR count). The van der Waals surface area contributed by atoms with Gasteiger partial charge in [-0.25, -0.2) is 4.79 Å². The number of cyclic esters (lactones) is 1. The van der Waals surface area contributed by atoms with Crippen molar-refractivity contribution >= 4 is 43.0 Å². The van der Waals surface area contributed by atoms with E-state index in [1.54, 1.807) is 4.90 Å². The standard InChI is InChI=1S/C53H98N2O10Si3/c1-17-45(64-67(21-5,22-6)23-7)42(13)50-46(59-50)39-52(15,65-68(24-8,25-9)26-10)32-27-28-40(11)49-41(12)29-30-47(60-51(58)55-36-34-54-35-37-55)53(16,62-43(14)56)33-31-44(38-48(57)61-49)63-66(18-2,19-3)20-4/h27-30,32,41-42,44-47,49-50,54H,17-26,31,33-39H2,1-16H3/b30-29-,32-27+,40-28+/t41-,42+,44+,45-,46+,47-,49+,50+,52-,53+/m0/s1. The van der Waals surface area contributed by atoms with E-state index in [-0.39, 0.29) is 42.5 Å². The van der Waals surface area contributed by atoms with Crippen LogP contribution < -0.4 is 5.32 Å². The summed E-state index contributed by atoms with van der Waals surface area (Å²) in [5.41, 5.74) is -0.957. The maximum absolute atomic E-state index is 14.2. The molecule has 0 aromatic carbocycles. The molecule has 0 bridgehead atoms. The lowest BCUT2D eigenvalue weighted by Gasteiger charge is -2.39. The van der Waals surface area contributed by atoms with E-state index >= 15 is 0 Å². The van der Waals surface area contributed by atoms with Crippen molar-refractivity contribution < 1.29 is 46.6 Å². The van der Waals surface area contributed by atoms with Crippen molar-refractivity contribution in [2.24, 2.45) is 11.8 Å². The molecule has 12 nitrogen and oxygen atoms in total. The van der Waals surface area contributed by atoms with Gasteiger partial charge in [-0.1, -0.05) is 107 Å². The number of hydrogen-bond acceptors (Lipinski definition) is 11. The van der Waals surface area contributed by atoms with Crippen LogP contribution in [0.5, 0.6) is 0 Å². The van der Waals surface area contributed by atoms with Gasteiger partial charge in [-0.3, -0.25) is 9.59 Å². The van der Waals surface area contributed by atoms with Gasteiger partial charge in [0.05, 0.1) is 30.3 Å². The van der Waals surface area contributed by atoms with E-state index in [2.05, 4.69) is 101 Å². The van der Waals surface area contributed by atoms with Crippen LogP contribution in [-0.4, -0.2) is 122 Å². The third-order valence-electron chi connectivity index (χ3n) is 16.3. The van der Waals surface area contributed by atoms with E-state index in [0.29, 0.717) is 39.0 Å². The van der Waals surface area contributed by atoms with Crippen LogP contribution in [0.4, 0.5) is 4.79 Å². The maximum Gasteiger partial charge on any atom is 0.410 e. The van der Waals surface area contributed by atoms with Gasteiger partial charge in [0.1, 0.15) is 11.7 Å². The molecule has 15 heteroatoms. The molecule has 1 amide bonds. The van der Waals surface area contributed by atoms with Crippen LogP contribution in [0.25, 0.3) is 0 Å². The zero-order chi connectivity index (χ0) is 50.9. The number of ether oxygens (including phenoxy) is 4. The lowest BCUT2D eigenvalue weighted by molar-refractivity contribution is -0.168. The molecule has 0 saturated carbocycles. The predicted octanol–water partition coefficient (Wildman–Crippen LogP) is 12.3. The average Bonchev–Trinajstić information content (AvgIpc) is 4.10. The fourth-order valence-electron chi connectivity index (χ4n) is 10.7. The Labute approximate surface area is 417 Å². The van der Waals surface area contributed by atoms with Crippen LogP contribution in [0.2, 0.25) is 54.4 Å². The zero-order valence-corrected chi connectivity index (χ0v) is 48.8. The molecule has 0 radical (unpaired) electrons. The molecule has 3 heterocycles. The second kappa shape index (κ2) is 27.6. The molecule has 0 aromatic heterocycles. The van der Waals surface area contributed by atoms with Gasteiger partial charge < -0.3 is 42.4 Å². The molecule has 3 aliphatic rings. The van der Waals surface area contributed by atoms with Crippen LogP contribution in [0.1, 0.15) is 143 Å². The molecule has 0 aromatic rings. The highest BCUT2D eigenvalue weighted by molar-refractivity contribution is 6.74. The largest absolute Gasteiger partial charge is 0.457 e. The molecule has 392 valence electrons. The summed E-state index contributed by atoms with van der Waals surface area (Å²) in [6, 6.07) is 9.21. The van der Waals surface area contributed by atoms with Gasteiger partial charge in [0.15, 0.2) is 31.1 Å². The minimum absolute atomic E-state index is 0.0548. The Balaban J connectivity index is 2.07. The fraction of sp³-hybridized carbons (Fsp3) is 0.830. The van der Waals surface area contributed by atoms with Crippen molar-refractivity contribution in [2.75, 3.05) is 26.2 Å². The fourth-order valence-corrected chi connectivity index (χ4v) is 19.7. The molecule has 3 aliphatic heterocycles. The summed E-state index contributed by atoms with van der Waals surface area (Å²) in [6.45, 7) is 36.5. The Morgan fingerprint density at radius 1 is 0.897 bits per heavy atom. The first-order valence-corrected chi connectivity index (χ1v) is 34.6. The van der Waals surface area contributed by atoms with Crippen LogP contribution in [0.3, 0.4) is 0 Å². The smallest absolute Gasteiger partial charge is 0.410 e. The van der Waals surface area contributed by atoms with E-state index in [1.165, 1.54) is 6.92 Å². The second-order valence-corrected chi connectivity index (χ2v) is 34.9. The Hall–Kier alpha value is -2.12. The third-order valence-corrected chi connectivity index (χ3v) is 30.5. The highest BCUT2D eigenvalue weighted by Crippen LogP contribution is 2.43. The number of nitrogens with zero attached hydrogens (tertiary/aromatic N) is 1. The summed E-state index contributed by atoms with van der Waals surface area (Å²) < 4.78 is 46.9.